The van der Waals surface area contributed by atoms with Crippen LogP contribution in [0.3, 0.4) is 0 Å². The second-order valence-corrected chi connectivity index (χ2v) is 12.7. The molecule has 0 atom stereocenters. The van der Waals surface area contributed by atoms with Gasteiger partial charge in [-0.2, -0.15) is 0 Å². The van der Waals surface area contributed by atoms with Gasteiger partial charge in [0.15, 0.2) is 0 Å². The molecule has 1 saturated heterocycles. The third-order valence-electron chi connectivity index (χ3n) is 1.34. The fraction of sp³-hybridized carbons (Fsp3) is 0.667. The Morgan fingerprint density at radius 1 is 1.60 bits per heavy atom. The molecular weight excluding hydrogens is 183 g/mol. The molecule has 1 rings (SSSR count). The van der Waals surface area contributed by atoms with Crippen molar-refractivity contribution in [2.24, 2.45) is 5.92 Å². The van der Waals surface area contributed by atoms with E-state index in [-0.39, 0.29) is 0 Å². The van der Waals surface area contributed by atoms with E-state index in [1.165, 1.54) is 0 Å². The summed E-state index contributed by atoms with van der Waals surface area (Å²) >= 11 is 3.34. The van der Waals surface area contributed by atoms with Crippen molar-refractivity contribution >= 4 is 28.7 Å². The summed E-state index contributed by atoms with van der Waals surface area (Å²) in [4.78, 5) is 9.58. The monoisotopic (exact) mass is 194 g/mol. The first-order chi connectivity index (χ1) is 4.64. The summed E-state index contributed by atoms with van der Waals surface area (Å²) in [5.74, 6) is 3.07. The van der Waals surface area contributed by atoms with Crippen molar-refractivity contribution in [1.29, 1.82) is 0 Å². The first-order valence-corrected chi connectivity index (χ1v) is 8.97. The van der Waals surface area contributed by atoms with Gasteiger partial charge in [0, 0.05) is 0 Å². The summed E-state index contributed by atoms with van der Waals surface area (Å²) in [5.41, 5.74) is 0. The third-order valence-corrected chi connectivity index (χ3v) is 9.88. The Hall–Kier alpha value is 0.650. The minimum atomic E-state index is -1.91. The maximum absolute atomic E-state index is 9.58. The summed E-state index contributed by atoms with van der Waals surface area (Å²) in [6, 6.07) is 0. The molecule has 10 heavy (non-hydrogen) atoms. The SMILES string of the molecule is C#CC1CS[PH](C)(O)SC1. The molecule has 0 aromatic carbocycles. The normalized spacial score (nSPS) is 34.3. The van der Waals surface area contributed by atoms with E-state index >= 15 is 0 Å². The zero-order chi connectivity index (χ0) is 7.61. The average molecular weight is 194 g/mol. The average Bonchev–Trinajstić information content (AvgIpc) is 1.88. The van der Waals surface area contributed by atoms with Crippen LogP contribution < -0.4 is 0 Å². The van der Waals surface area contributed by atoms with Gasteiger partial charge in [0.05, 0.1) is 0 Å². The number of hydrogen-bond donors (Lipinski definition) is 1. The van der Waals surface area contributed by atoms with Crippen LogP contribution in [0.4, 0.5) is 0 Å². The molecule has 0 saturated carbocycles. The fourth-order valence-corrected chi connectivity index (χ4v) is 7.67. The molecule has 0 amide bonds. The van der Waals surface area contributed by atoms with Gasteiger partial charge in [0.25, 0.3) is 0 Å². The third kappa shape index (κ3) is 2.36. The Bertz CT molecular complexity index is 154. The van der Waals surface area contributed by atoms with Gasteiger partial charge < -0.3 is 0 Å². The number of rotatable bonds is 0. The van der Waals surface area contributed by atoms with Crippen LogP contribution in [-0.2, 0) is 0 Å². The number of terminal acetylenes is 1. The summed E-state index contributed by atoms with van der Waals surface area (Å²) in [6.07, 6.45) is 5.25. The van der Waals surface area contributed by atoms with Gasteiger partial charge in [0.2, 0.25) is 0 Å². The molecule has 0 bridgehead atoms. The Morgan fingerprint density at radius 3 is 2.50 bits per heavy atom. The van der Waals surface area contributed by atoms with Crippen LogP contribution in [0.25, 0.3) is 0 Å². The molecule has 1 N–H and O–H groups in total. The van der Waals surface area contributed by atoms with Crippen LogP contribution >= 0.6 is 28.7 Å². The summed E-state index contributed by atoms with van der Waals surface area (Å²) < 4.78 is 0. The zero-order valence-corrected chi connectivity index (χ0v) is 8.47. The van der Waals surface area contributed by atoms with Gasteiger partial charge in [-0.15, -0.1) is 0 Å². The summed E-state index contributed by atoms with van der Waals surface area (Å²) in [7, 11) is 0. The van der Waals surface area contributed by atoms with Crippen molar-refractivity contribution in [3.05, 3.63) is 0 Å². The molecule has 0 spiro atoms. The standard InChI is InChI=1S/C6H11OPS2/c1-3-6-4-9-8(2,7)10-5-6/h1,6-8H,4-5H2,2H3. The summed E-state index contributed by atoms with van der Waals surface area (Å²) in [6.45, 7) is 1.95. The Morgan fingerprint density at radius 2 is 2.10 bits per heavy atom. The van der Waals surface area contributed by atoms with Crippen molar-refractivity contribution in [3.8, 4) is 12.3 Å². The van der Waals surface area contributed by atoms with Crippen LogP contribution in [0.15, 0.2) is 0 Å². The summed E-state index contributed by atoms with van der Waals surface area (Å²) in [5, 5.41) is 0. The van der Waals surface area contributed by atoms with Crippen molar-refractivity contribution in [1.82, 2.24) is 0 Å². The molecule has 4 heteroatoms. The van der Waals surface area contributed by atoms with Gasteiger partial charge in [-0.3, -0.25) is 0 Å². The maximum atomic E-state index is 9.58. The molecule has 0 aromatic heterocycles. The van der Waals surface area contributed by atoms with E-state index in [2.05, 4.69) is 5.92 Å². The first kappa shape index (κ1) is 8.74. The minimum absolute atomic E-state index is 0.378. The van der Waals surface area contributed by atoms with Gasteiger partial charge in [-0.05, 0) is 0 Å². The van der Waals surface area contributed by atoms with Crippen LogP contribution in [0.1, 0.15) is 0 Å². The van der Waals surface area contributed by atoms with Crippen LogP contribution in [-0.4, -0.2) is 23.1 Å². The predicted octanol–water partition coefficient (Wildman–Crippen LogP) is 1.83. The molecule has 0 aliphatic carbocycles. The van der Waals surface area contributed by atoms with E-state index < -0.39 is 5.89 Å². The molecule has 0 radical (unpaired) electrons. The van der Waals surface area contributed by atoms with E-state index in [1.807, 2.05) is 6.66 Å². The second-order valence-electron chi connectivity index (χ2n) is 2.38. The molecule has 1 heterocycles. The van der Waals surface area contributed by atoms with Crippen LogP contribution in [0, 0.1) is 18.3 Å². The van der Waals surface area contributed by atoms with Crippen molar-refractivity contribution in [2.75, 3.05) is 18.2 Å². The molecule has 1 nitrogen and oxygen atoms in total. The predicted molar refractivity (Wildman–Crippen MR) is 53.7 cm³/mol. The van der Waals surface area contributed by atoms with Crippen molar-refractivity contribution < 1.29 is 4.89 Å². The van der Waals surface area contributed by atoms with E-state index in [4.69, 9.17) is 6.42 Å². The van der Waals surface area contributed by atoms with Crippen molar-refractivity contribution in [2.45, 2.75) is 0 Å². The Balaban J connectivity index is 2.40. The van der Waals surface area contributed by atoms with Crippen LogP contribution in [0.2, 0.25) is 0 Å². The van der Waals surface area contributed by atoms with E-state index in [9.17, 15) is 4.89 Å². The van der Waals surface area contributed by atoms with Gasteiger partial charge >= 0.3 is 70.0 Å². The topological polar surface area (TPSA) is 20.2 Å². The Labute approximate surface area is 70.3 Å². The van der Waals surface area contributed by atoms with Crippen LogP contribution in [0.5, 0.6) is 0 Å². The van der Waals surface area contributed by atoms with Gasteiger partial charge in [-0.1, -0.05) is 0 Å². The zero-order valence-electron chi connectivity index (χ0n) is 5.83. The number of hydrogen-bond acceptors (Lipinski definition) is 3. The van der Waals surface area contributed by atoms with Gasteiger partial charge in [0.1, 0.15) is 0 Å². The first-order valence-electron chi connectivity index (χ1n) is 3.10. The molecule has 1 aliphatic heterocycles. The fourth-order valence-electron chi connectivity index (χ4n) is 0.696. The molecule has 0 aromatic rings. The molecule has 1 aliphatic rings. The molecular formula is C6H11OPS2. The molecule has 1 fully saturated rings. The molecule has 0 unspecified atom stereocenters. The quantitative estimate of drug-likeness (QED) is 0.469. The molecule has 58 valence electrons. The van der Waals surface area contributed by atoms with E-state index in [1.54, 1.807) is 22.8 Å². The van der Waals surface area contributed by atoms with Gasteiger partial charge in [-0.25, -0.2) is 0 Å². The second kappa shape index (κ2) is 3.36. The van der Waals surface area contributed by atoms with E-state index in [0.29, 0.717) is 5.92 Å². The Kier molecular flexibility index (Phi) is 2.94. The van der Waals surface area contributed by atoms with E-state index in [0.717, 1.165) is 11.5 Å². The van der Waals surface area contributed by atoms with Crippen molar-refractivity contribution in [3.63, 3.8) is 0 Å².